The maximum absolute atomic E-state index is 13.3. The summed E-state index contributed by atoms with van der Waals surface area (Å²) in [6.45, 7) is -0.421. The lowest BCUT2D eigenvalue weighted by Crippen LogP contribution is -2.15. The molecule has 0 atom stereocenters. The molecule has 0 aliphatic carbocycles. The third-order valence-corrected chi connectivity index (χ3v) is 2.17. The average Bonchev–Trinajstić information content (AvgIpc) is 2.76. The van der Waals surface area contributed by atoms with Gasteiger partial charge in [0.05, 0.1) is 11.8 Å². The SMILES string of the molecule is O=C(O)Cn1ncc(NC(=O)c2ccccc2F)n1. The minimum absolute atomic E-state index is 0.0505. The third-order valence-electron chi connectivity index (χ3n) is 2.17. The van der Waals surface area contributed by atoms with E-state index in [4.69, 9.17) is 5.11 Å². The van der Waals surface area contributed by atoms with Crippen LogP contribution < -0.4 is 5.32 Å². The first-order chi connectivity index (χ1) is 9.06. The number of aromatic nitrogens is 3. The van der Waals surface area contributed by atoms with Gasteiger partial charge in [0.1, 0.15) is 5.82 Å². The number of hydrogen-bond acceptors (Lipinski definition) is 4. The van der Waals surface area contributed by atoms with Crippen LogP contribution >= 0.6 is 0 Å². The van der Waals surface area contributed by atoms with E-state index in [1.165, 1.54) is 24.4 Å². The summed E-state index contributed by atoms with van der Waals surface area (Å²) in [5, 5.41) is 18.2. The number of hydrogen-bond donors (Lipinski definition) is 2. The highest BCUT2D eigenvalue weighted by atomic mass is 19.1. The average molecular weight is 264 g/mol. The van der Waals surface area contributed by atoms with Gasteiger partial charge in [0.15, 0.2) is 12.4 Å². The molecule has 0 saturated heterocycles. The molecule has 98 valence electrons. The minimum Gasteiger partial charge on any atom is -0.480 e. The predicted molar refractivity (Wildman–Crippen MR) is 62.0 cm³/mol. The van der Waals surface area contributed by atoms with Gasteiger partial charge in [-0.15, -0.1) is 5.10 Å². The molecule has 2 aromatic rings. The van der Waals surface area contributed by atoms with Crippen molar-refractivity contribution >= 4 is 17.7 Å². The van der Waals surface area contributed by atoms with Crippen molar-refractivity contribution in [3.63, 3.8) is 0 Å². The molecule has 0 saturated carbocycles. The fourth-order valence-electron chi connectivity index (χ4n) is 1.38. The van der Waals surface area contributed by atoms with Crippen LogP contribution in [0.1, 0.15) is 10.4 Å². The molecular formula is C11H9FN4O3. The Morgan fingerprint density at radius 3 is 2.79 bits per heavy atom. The normalized spacial score (nSPS) is 10.2. The van der Waals surface area contributed by atoms with Gasteiger partial charge in [0, 0.05) is 0 Å². The van der Waals surface area contributed by atoms with E-state index < -0.39 is 24.2 Å². The van der Waals surface area contributed by atoms with Crippen molar-refractivity contribution in [1.82, 2.24) is 15.0 Å². The second-order valence-corrected chi connectivity index (χ2v) is 3.59. The lowest BCUT2D eigenvalue weighted by Gasteiger charge is -2.02. The highest BCUT2D eigenvalue weighted by Gasteiger charge is 2.13. The number of nitrogens with zero attached hydrogens (tertiary/aromatic N) is 3. The largest absolute Gasteiger partial charge is 0.480 e. The van der Waals surface area contributed by atoms with Crippen molar-refractivity contribution in [2.45, 2.75) is 6.54 Å². The molecule has 2 N–H and O–H groups in total. The fourth-order valence-corrected chi connectivity index (χ4v) is 1.38. The Labute approximate surface area is 106 Å². The minimum atomic E-state index is -1.11. The summed E-state index contributed by atoms with van der Waals surface area (Å²) in [5.74, 6) is -2.39. The lowest BCUT2D eigenvalue weighted by atomic mass is 10.2. The second-order valence-electron chi connectivity index (χ2n) is 3.59. The molecule has 2 rings (SSSR count). The van der Waals surface area contributed by atoms with Gasteiger partial charge in [-0.05, 0) is 12.1 Å². The first-order valence-electron chi connectivity index (χ1n) is 5.24. The summed E-state index contributed by atoms with van der Waals surface area (Å²) in [7, 11) is 0. The zero-order valence-corrected chi connectivity index (χ0v) is 9.58. The Morgan fingerprint density at radius 1 is 1.37 bits per heavy atom. The van der Waals surface area contributed by atoms with Crippen LogP contribution in [0.15, 0.2) is 30.5 Å². The quantitative estimate of drug-likeness (QED) is 0.849. The molecule has 19 heavy (non-hydrogen) atoms. The standard InChI is InChI=1S/C11H9FN4O3/c12-8-4-2-1-3-7(8)11(19)14-9-5-13-16(15-9)6-10(17)18/h1-5H,6H2,(H,17,18)(H,14,15,19). The molecule has 7 nitrogen and oxygen atoms in total. The van der Waals surface area contributed by atoms with Gasteiger partial charge >= 0.3 is 5.97 Å². The molecule has 8 heteroatoms. The van der Waals surface area contributed by atoms with Crippen LogP contribution in [-0.2, 0) is 11.3 Å². The third kappa shape index (κ3) is 3.12. The number of rotatable bonds is 4. The van der Waals surface area contributed by atoms with Crippen LogP contribution in [0.25, 0.3) is 0 Å². The molecule has 0 spiro atoms. The summed E-state index contributed by atoms with van der Waals surface area (Å²) in [6, 6.07) is 5.48. The van der Waals surface area contributed by atoms with E-state index in [0.29, 0.717) is 0 Å². The maximum atomic E-state index is 13.3. The highest BCUT2D eigenvalue weighted by molar-refractivity contribution is 6.03. The van der Waals surface area contributed by atoms with Crippen LogP contribution in [0.3, 0.4) is 0 Å². The molecule has 0 bridgehead atoms. The number of anilines is 1. The van der Waals surface area contributed by atoms with E-state index in [-0.39, 0.29) is 11.4 Å². The van der Waals surface area contributed by atoms with Crippen LogP contribution in [0.5, 0.6) is 0 Å². The summed E-state index contributed by atoms with van der Waals surface area (Å²) >= 11 is 0. The number of nitrogens with one attached hydrogen (secondary N) is 1. The Balaban J connectivity index is 2.09. The molecule has 1 amide bonds. The number of benzene rings is 1. The van der Waals surface area contributed by atoms with Crippen molar-refractivity contribution < 1.29 is 19.1 Å². The molecule has 0 aliphatic heterocycles. The van der Waals surface area contributed by atoms with E-state index in [1.54, 1.807) is 0 Å². The number of amides is 1. The van der Waals surface area contributed by atoms with Gasteiger partial charge < -0.3 is 10.4 Å². The Kier molecular flexibility index (Phi) is 3.51. The Bertz CT molecular complexity index is 626. The van der Waals surface area contributed by atoms with Crippen molar-refractivity contribution in [3.05, 3.63) is 41.8 Å². The van der Waals surface area contributed by atoms with E-state index in [0.717, 1.165) is 10.9 Å². The van der Waals surface area contributed by atoms with E-state index in [1.807, 2.05) is 0 Å². The number of carbonyl (C=O) groups is 2. The topological polar surface area (TPSA) is 97.1 Å². The van der Waals surface area contributed by atoms with E-state index in [9.17, 15) is 14.0 Å². The van der Waals surface area contributed by atoms with Gasteiger partial charge in [-0.25, -0.2) is 4.39 Å². The maximum Gasteiger partial charge on any atom is 0.327 e. The zero-order valence-electron chi connectivity index (χ0n) is 9.58. The zero-order chi connectivity index (χ0) is 13.8. The van der Waals surface area contributed by atoms with Crippen molar-refractivity contribution in [1.29, 1.82) is 0 Å². The van der Waals surface area contributed by atoms with Crippen LogP contribution in [0.2, 0.25) is 0 Å². The summed E-state index contributed by atoms with van der Waals surface area (Å²) in [4.78, 5) is 23.1. The molecule has 0 fully saturated rings. The monoisotopic (exact) mass is 264 g/mol. The van der Waals surface area contributed by atoms with Crippen molar-refractivity contribution in [2.24, 2.45) is 0 Å². The van der Waals surface area contributed by atoms with Crippen LogP contribution in [-0.4, -0.2) is 32.0 Å². The number of halogens is 1. The van der Waals surface area contributed by atoms with Gasteiger partial charge in [0.25, 0.3) is 5.91 Å². The Hall–Kier alpha value is -2.77. The van der Waals surface area contributed by atoms with E-state index >= 15 is 0 Å². The van der Waals surface area contributed by atoms with Gasteiger partial charge in [-0.2, -0.15) is 9.90 Å². The fraction of sp³-hybridized carbons (Fsp3) is 0.0909. The molecule has 0 unspecified atom stereocenters. The molecule has 0 aliphatic rings. The molecule has 0 radical (unpaired) electrons. The van der Waals surface area contributed by atoms with Gasteiger partial charge in [0.2, 0.25) is 0 Å². The first kappa shape index (κ1) is 12.7. The highest BCUT2D eigenvalue weighted by Crippen LogP contribution is 2.09. The van der Waals surface area contributed by atoms with Crippen molar-refractivity contribution in [3.8, 4) is 0 Å². The molecule has 1 aromatic carbocycles. The molecular weight excluding hydrogens is 255 g/mol. The predicted octanol–water partition coefficient (Wildman–Crippen LogP) is 0.754. The van der Waals surface area contributed by atoms with E-state index in [2.05, 4.69) is 15.5 Å². The van der Waals surface area contributed by atoms with Crippen LogP contribution in [0.4, 0.5) is 10.2 Å². The summed E-state index contributed by atoms with van der Waals surface area (Å²) in [6.07, 6.45) is 1.18. The second kappa shape index (κ2) is 5.25. The number of aliphatic carboxylic acids is 1. The Morgan fingerprint density at radius 2 is 2.11 bits per heavy atom. The van der Waals surface area contributed by atoms with Gasteiger partial charge in [-0.1, -0.05) is 12.1 Å². The smallest absolute Gasteiger partial charge is 0.327 e. The molecule has 1 heterocycles. The summed E-state index contributed by atoms with van der Waals surface area (Å²) < 4.78 is 13.3. The number of carboxylic acid groups (broad SMARTS) is 1. The number of carbonyl (C=O) groups excluding carboxylic acids is 1. The lowest BCUT2D eigenvalue weighted by molar-refractivity contribution is -0.138. The van der Waals surface area contributed by atoms with Crippen LogP contribution in [0, 0.1) is 5.82 Å². The van der Waals surface area contributed by atoms with Crippen molar-refractivity contribution in [2.75, 3.05) is 5.32 Å². The number of carboxylic acids is 1. The van der Waals surface area contributed by atoms with Gasteiger partial charge in [-0.3, -0.25) is 9.59 Å². The summed E-state index contributed by atoms with van der Waals surface area (Å²) in [5.41, 5.74) is -0.129. The first-order valence-corrected chi connectivity index (χ1v) is 5.24. The molecule has 1 aromatic heterocycles.